The van der Waals surface area contributed by atoms with Crippen molar-refractivity contribution >= 4 is 0 Å². The Morgan fingerprint density at radius 2 is 2.09 bits per heavy atom. The molecule has 0 aliphatic carbocycles. The van der Waals surface area contributed by atoms with Gasteiger partial charge in [0.25, 0.3) is 0 Å². The van der Waals surface area contributed by atoms with Crippen LogP contribution in [-0.4, -0.2) is 19.8 Å². The van der Waals surface area contributed by atoms with E-state index in [1.54, 1.807) is 0 Å². The summed E-state index contributed by atoms with van der Waals surface area (Å²) in [7, 11) is 0. The molecule has 1 aliphatic heterocycles. The second-order valence-electron chi connectivity index (χ2n) is 4.13. The molecule has 1 aliphatic rings. The quantitative estimate of drug-likeness (QED) is 0.669. The van der Waals surface area contributed by atoms with Crippen molar-refractivity contribution in [2.75, 3.05) is 19.8 Å². The van der Waals surface area contributed by atoms with Gasteiger partial charge in [0.15, 0.2) is 0 Å². The summed E-state index contributed by atoms with van der Waals surface area (Å²) in [6.45, 7) is 7.07. The number of ether oxygens (including phenoxy) is 1. The van der Waals surface area contributed by atoms with Gasteiger partial charge in [-0.05, 0) is 12.3 Å². The first-order chi connectivity index (χ1) is 5.18. The third-order valence-electron chi connectivity index (χ3n) is 2.50. The Balaban J connectivity index is 2.22. The van der Waals surface area contributed by atoms with Crippen molar-refractivity contribution in [2.45, 2.75) is 26.7 Å². The van der Waals surface area contributed by atoms with Crippen LogP contribution in [0, 0.1) is 11.3 Å². The zero-order valence-corrected chi connectivity index (χ0v) is 7.60. The van der Waals surface area contributed by atoms with Gasteiger partial charge in [-0.15, -0.1) is 0 Å². The topological polar surface area (TPSA) is 35.2 Å². The molecule has 2 nitrogen and oxygen atoms in total. The highest BCUT2D eigenvalue weighted by molar-refractivity contribution is 4.86. The summed E-state index contributed by atoms with van der Waals surface area (Å²) in [6, 6.07) is 0. The van der Waals surface area contributed by atoms with Crippen LogP contribution in [0.4, 0.5) is 0 Å². The van der Waals surface area contributed by atoms with Gasteiger partial charge in [-0.3, -0.25) is 0 Å². The second kappa shape index (κ2) is 3.55. The second-order valence-corrected chi connectivity index (χ2v) is 4.13. The van der Waals surface area contributed by atoms with E-state index < -0.39 is 0 Å². The summed E-state index contributed by atoms with van der Waals surface area (Å²) in [5.74, 6) is 0.791. The molecule has 0 unspecified atom stereocenters. The fraction of sp³-hybridized carbons (Fsp3) is 1.00. The van der Waals surface area contributed by atoms with Crippen molar-refractivity contribution in [3.8, 4) is 0 Å². The summed E-state index contributed by atoms with van der Waals surface area (Å²) in [5, 5.41) is 0. The van der Waals surface area contributed by atoms with Gasteiger partial charge >= 0.3 is 0 Å². The molecule has 0 aromatic carbocycles. The number of nitrogens with two attached hydrogens (primary N) is 1. The molecule has 0 atom stereocenters. The van der Waals surface area contributed by atoms with Gasteiger partial charge in [0.05, 0.1) is 13.2 Å². The fourth-order valence-corrected chi connectivity index (χ4v) is 1.35. The molecule has 0 aromatic heterocycles. The van der Waals surface area contributed by atoms with Crippen LogP contribution in [0.15, 0.2) is 0 Å². The first kappa shape index (κ1) is 9.01. The van der Waals surface area contributed by atoms with Crippen molar-refractivity contribution in [2.24, 2.45) is 17.1 Å². The lowest BCUT2D eigenvalue weighted by Gasteiger charge is -2.41. The molecular formula is C9H19NO. The highest BCUT2D eigenvalue weighted by atomic mass is 16.5. The lowest BCUT2D eigenvalue weighted by Crippen LogP contribution is -2.48. The lowest BCUT2D eigenvalue weighted by molar-refractivity contribution is -0.113. The number of hydrogen-bond acceptors (Lipinski definition) is 2. The van der Waals surface area contributed by atoms with Gasteiger partial charge in [0.1, 0.15) is 0 Å². The van der Waals surface area contributed by atoms with Crippen LogP contribution < -0.4 is 5.73 Å². The summed E-state index contributed by atoms with van der Waals surface area (Å²) in [5.41, 5.74) is 6.03. The Morgan fingerprint density at radius 1 is 1.45 bits per heavy atom. The van der Waals surface area contributed by atoms with Crippen LogP contribution in [0.5, 0.6) is 0 Å². The Morgan fingerprint density at radius 3 is 2.36 bits per heavy atom. The summed E-state index contributed by atoms with van der Waals surface area (Å²) < 4.78 is 5.18. The maximum absolute atomic E-state index is 5.68. The Kier molecular flexibility index (Phi) is 2.90. The third kappa shape index (κ3) is 2.17. The van der Waals surface area contributed by atoms with E-state index in [9.17, 15) is 0 Å². The van der Waals surface area contributed by atoms with E-state index in [0.29, 0.717) is 5.41 Å². The van der Waals surface area contributed by atoms with E-state index in [1.807, 2.05) is 0 Å². The molecule has 11 heavy (non-hydrogen) atoms. The maximum atomic E-state index is 5.68. The molecule has 1 fully saturated rings. The molecule has 0 radical (unpaired) electrons. The third-order valence-corrected chi connectivity index (χ3v) is 2.50. The van der Waals surface area contributed by atoms with E-state index >= 15 is 0 Å². The van der Waals surface area contributed by atoms with Crippen LogP contribution in [0.1, 0.15) is 26.7 Å². The SMILES string of the molecule is CC(C)CCC1(CN)COC1. The standard InChI is InChI=1S/C9H19NO/c1-8(2)3-4-9(5-10)6-11-7-9/h8H,3-7,10H2,1-2H3. The molecule has 0 aromatic rings. The Labute approximate surface area is 69.1 Å². The average Bonchev–Trinajstić information content (AvgIpc) is 1.86. The van der Waals surface area contributed by atoms with Crippen molar-refractivity contribution in [3.05, 3.63) is 0 Å². The zero-order valence-electron chi connectivity index (χ0n) is 7.60. The predicted octanol–water partition coefficient (Wildman–Crippen LogP) is 1.40. The average molecular weight is 157 g/mol. The molecule has 0 bridgehead atoms. The van der Waals surface area contributed by atoms with Crippen molar-refractivity contribution in [3.63, 3.8) is 0 Å². The minimum Gasteiger partial charge on any atom is -0.380 e. The van der Waals surface area contributed by atoms with Crippen LogP contribution in [0.25, 0.3) is 0 Å². The number of hydrogen-bond donors (Lipinski definition) is 1. The molecule has 1 saturated heterocycles. The maximum Gasteiger partial charge on any atom is 0.0556 e. The van der Waals surface area contributed by atoms with E-state index in [-0.39, 0.29) is 0 Å². The highest BCUT2D eigenvalue weighted by Gasteiger charge is 2.36. The molecule has 66 valence electrons. The van der Waals surface area contributed by atoms with Crippen LogP contribution in [0.3, 0.4) is 0 Å². The first-order valence-electron chi connectivity index (χ1n) is 4.46. The smallest absolute Gasteiger partial charge is 0.0556 e. The summed E-state index contributed by atoms with van der Waals surface area (Å²) in [4.78, 5) is 0. The molecular weight excluding hydrogens is 138 g/mol. The van der Waals surface area contributed by atoms with Crippen LogP contribution in [0.2, 0.25) is 0 Å². The largest absolute Gasteiger partial charge is 0.380 e. The predicted molar refractivity (Wildman–Crippen MR) is 46.4 cm³/mol. The van der Waals surface area contributed by atoms with Crippen molar-refractivity contribution in [1.82, 2.24) is 0 Å². The van der Waals surface area contributed by atoms with Gasteiger partial charge in [0.2, 0.25) is 0 Å². The van der Waals surface area contributed by atoms with E-state index in [4.69, 9.17) is 10.5 Å². The summed E-state index contributed by atoms with van der Waals surface area (Å²) in [6.07, 6.45) is 2.52. The monoisotopic (exact) mass is 157 g/mol. The Hall–Kier alpha value is -0.0800. The van der Waals surface area contributed by atoms with Crippen molar-refractivity contribution < 1.29 is 4.74 Å². The van der Waals surface area contributed by atoms with Crippen LogP contribution in [-0.2, 0) is 4.74 Å². The zero-order chi connectivity index (χ0) is 8.32. The molecule has 1 heterocycles. The minimum atomic E-state index is 0.351. The first-order valence-corrected chi connectivity index (χ1v) is 4.46. The molecule has 0 spiro atoms. The van der Waals surface area contributed by atoms with Gasteiger partial charge in [-0.25, -0.2) is 0 Å². The Bertz CT molecular complexity index is 113. The summed E-state index contributed by atoms with van der Waals surface area (Å²) >= 11 is 0. The van der Waals surface area contributed by atoms with E-state index in [1.165, 1.54) is 12.8 Å². The molecule has 0 amide bonds. The van der Waals surface area contributed by atoms with Gasteiger partial charge < -0.3 is 10.5 Å². The van der Waals surface area contributed by atoms with E-state index in [2.05, 4.69) is 13.8 Å². The highest BCUT2D eigenvalue weighted by Crippen LogP contribution is 2.32. The minimum absolute atomic E-state index is 0.351. The lowest BCUT2D eigenvalue weighted by atomic mass is 9.80. The van der Waals surface area contributed by atoms with E-state index in [0.717, 1.165) is 25.7 Å². The normalized spacial score (nSPS) is 21.8. The van der Waals surface area contributed by atoms with Crippen LogP contribution >= 0.6 is 0 Å². The fourth-order valence-electron chi connectivity index (χ4n) is 1.35. The molecule has 1 rings (SSSR count). The van der Waals surface area contributed by atoms with Gasteiger partial charge in [-0.1, -0.05) is 20.3 Å². The van der Waals surface area contributed by atoms with Gasteiger partial charge in [0, 0.05) is 12.0 Å². The van der Waals surface area contributed by atoms with Crippen molar-refractivity contribution in [1.29, 1.82) is 0 Å². The van der Waals surface area contributed by atoms with Gasteiger partial charge in [-0.2, -0.15) is 0 Å². The molecule has 0 saturated carbocycles. The number of rotatable bonds is 4. The molecule has 2 N–H and O–H groups in total. The molecule has 2 heteroatoms.